The summed E-state index contributed by atoms with van der Waals surface area (Å²) in [6.45, 7) is 7.28. The van der Waals surface area contributed by atoms with Crippen LogP contribution in [0.4, 0.5) is 5.69 Å². The maximum atomic E-state index is 12.9. The van der Waals surface area contributed by atoms with Crippen LogP contribution in [-0.2, 0) is 26.0 Å². The lowest BCUT2D eigenvalue weighted by atomic mass is 10.1. The van der Waals surface area contributed by atoms with Gasteiger partial charge >= 0.3 is 0 Å². The predicted molar refractivity (Wildman–Crippen MR) is 103 cm³/mol. The topological polar surface area (TPSA) is 78.0 Å². The van der Waals surface area contributed by atoms with Crippen LogP contribution in [0.15, 0.2) is 23.1 Å². The van der Waals surface area contributed by atoms with Crippen molar-refractivity contribution in [3.63, 3.8) is 0 Å². The first-order chi connectivity index (χ1) is 12.8. The van der Waals surface area contributed by atoms with E-state index in [0.717, 1.165) is 31.5 Å². The Morgan fingerprint density at radius 1 is 1.15 bits per heavy atom. The lowest BCUT2D eigenvalue weighted by Gasteiger charge is -2.27. The smallest absolute Gasteiger partial charge is 0.246 e. The van der Waals surface area contributed by atoms with Crippen LogP contribution in [0.1, 0.15) is 39.2 Å². The van der Waals surface area contributed by atoms with Gasteiger partial charge in [-0.25, -0.2) is 8.42 Å². The molecule has 3 rings (SSSR count). The Morgan fingerprint density at radius 2 is 1.78 bits per heavy atom. The third-order valence-corrected chi connectivity index (χ3v) is 7.47. The number of hydrogen-bond acceptors (Lipinski definition) is 4. The maximum Gasteiger partial charge on any atom is 0.246 e. The Morgan fingerprint density at radius 3 is 2.33 bits per heavy atom. The Hall–Kier alpha value is -1.93. The van der Waals surface area contributed by atoms with Crippen molar-refractivity contribution >= 4 is 27.5 Å². The first-order valence-electron chi connectivity index (χ1n) is 9.52. The van der Waals surface area contributed by atoms with Crippen molar-refractivity contribution in [1.29, 1.82) is 0 Å². The zero-order valence-electron chi connectivity index (χ0n) is 16.1. The SMILES string of the molecule is CCN(CC)S(=O)(=O)c1ccc2c(c1)C[C@@H](C(=O)N1CCCC1)N2C(C)=O. The average molecular weight is 394 g/mol. The minimum absolute atomic E-state index is 0.0490. The normalized spacial score (nSPS) is 19.6. The third kappa shape index (κ3) is 3.48. The van der Waals surface area contributed by atoms with Gasteiger partial charge in [-0.15, -0.1) is 0 Å². The fraction of sp³-hybridized carbons (Fsp3) is 0.579. The van der Waals surface area contributed by atoms with Gasteiger partial charge in [0.1, 0.15) is 6.04 Å². The van der Waals surface area contributed by atoms with Gasteiger partial charge in [-0.05, 0) is 36.6 Å². The van der Waals surface area contributed by atoms with E-state index in [1.165, 1.54) is 22.2 Å². The molecule has 0 saturated carbocycles. The molecule has 148 valence electrons. The summed E-state index contributed by atoms with van der Waals surface area (Å²) in [4.78, 5) is 28.7. The molecule has 2 aliphatic heterocycles. The van der Waals surface area contributed by atoms with Crippen LogP contribution >= 0.6 is 0 Å². The molecule has 1 atom stereocenters. The fourth-order valence-electron chi connectivity index (χ4n) is 4.04. The highest BCUT2D eigenvalue weighted by atomic mass is 32.2. The lowest BCUT2D eigenvalue weighted by molar-refractivity contribution is -0.133. The zero-order valence-corrected chi connectivity index (χ0v) is 17.0. The van der Waals surface area contributed by atoms with E-state index >= 15 is 0 Å². The number of rotatable bonds is 5. The van der Waals surface area contributed by atoms with Crippen molar-refractivity contribution in [3.05, 3.63) is 23.8 Å². The molecule has 2 amide bonds. The van der Waals surface area contributed by atoms with Gasteiger partial charge < -0.3 is 4.90 Å². The van der Waals surface area contributed by atoms with E-state index in [-0.39, 0.29) is 16.7 Å². The molecule has 1 saturated heterocycles. The summed E-state index contributed by atoms with van der Waals surface area (Å²) >= 11 is 0. The van der Waals surface area contributed by atoms with Crippen LogP contribution in [0, 0.1) is 0 Å². The monoisotopic (exact) mass is 393 g/mol. The second kappa shape index (κ2) is 7.59. The molecule has 0 bridgehead atoms. The van der Waals surface area contributed by atoms with E-state index in [0.29, 0.717) is 25.2 Å². The first kappa shape index (κ1) is 19.8. The van der Waals surface area contributed by atoms with Crippen molar-refractivity contribution < 1.29 is 18.0 Å². The summed E-state index contributed by atoms with van der Waals surface area (Å²) in [6.07, 6.45) is 2.32. The van der Waals surface area contributed by atoms with Gasteiger partial charge in [0.15, 0.2) is 0 Å². The van der Waals surface area contributed by atoms with Crippen molar-refractivity contribution in [2.45, 2.75) is 51.0 Å². The van der Waals surface area contributed by atoms with Crippen molar-refractivity contribution in [2.75, 3.05) is 31.1 Å². The van der Waals surface area contributed by atoms with Crippen LogP contribution in [0.3, 0.4) is 0 Å². The zero-order chi connectivity index (χ0) is 19.8. The molecule has 0 unspecified atom stereocenters. The molecule has 0 N–H and O–H groups in total. The number of carbonyl (C=O) groups excluding carboxylic acids is 2. The molecule has 8 heteroatoms. The van der Waals surface area contributed by atoms with Gasteiger partial charge in [0, 0.05) is 45.2 Å². The van der Waals surface area contributed by atoms with Crippen LogP contribution in [-0.4, -0.2) is 61.7 Å². The number of fused-ring (bicyclic) bond motifs is 1. The van der Waals surface area contributed by atoms with E-state index in [9.17, 15) is 18.0 Å². The highest BCUT2D eigenvalue weighted by Crippen LogP contribution is 2.35. The molecule has 2 heterocycles. The van der Waals surface area contributed by atoms with Crippen LogP contribution in [0.5, 0.6) is 0 Å². The van der Waals surface area contributed by atoms with Gasteiger partial charge in [0.25, 0.3) is 0 Å². The number of anilines is 1. The van der Waals surface area contributed by atoms with Gasteiger partial charge in [0.2, 0.25) is 21.8 Å². The van der Waals surface area contributed by atoms with Gasteiger partial charge in [-0.2, -0.15) is 4.31 Å². The molecule has 0 aromatic heterocycles. The Kier molecular flexibility index (Phi) is 5.58. The molecule has 1 fully saturated rings. The second-order valence-corrected chi connectivity index (χ2v) is 8.96. The predicted octanol–water partition coefficient (Wildman–Crippen LogP) is 1.62. The summed E-state index contributed by atoms with van der Waals surface area (Å²) < 4.78 is 27.0. The number of nitrogens with zero attached hydrogens (tertiary/aromatic N) is 3. The first-order valence-corrected chi connectivity index (χ1v) is 11.0. The maximum absolute atomic E-state index is 12.9. The molecule has 1 aromatic carbocycles. The summed E-state index contributed by atoms with van der Waals surface area (Å²) in [5.41, 5.74) is 1.37. The molecule has 2 aliphatic rings. The fourth-order valence-corrected chi connectivity index (χ4v) is 5.55. The molecule has 0 aliphatic carbocycles. The minimum Gasteiger partial charge on any atom is -0.341 e. The largest absolute Gasteiger partial charge is 0.341 e. The molecule has 0 radical (unpaired) electrons. The molecule has 0 spiro atoms. The van der Waals surface area contributed by atoms with E-state index in [1.54, 1.807) is 30.9 Å². The number of sulfonamides is 1. The van der Waals surface area contributed by atoms with Gasteiger partial charge in [0.05, 0.1) is 4.90 Å². The van der Waals surface area contributed by atoms with E-state index in [1.807, 2.05) is 0 Å². The van der Waals surface area contributed by atoms with Crippen molar-refractivity contribution in [3.8, 4) is 0 Å². The molecule has 1 aromatic rings. The molecule has 7 nitrogen and oxygen atoms in total. The number of carbonyl (C=O) groups is 2. The van der Waals surface area contributed by atoms with Crippen molar-refractivity contribution in [2.24, 2.45) is 0 Å². The van der Waals surface area contributed by atoms with Crippen LogP contribution in [0.25, 0.3) is 0 Å². The summed E-state index contributed by atoms with van der Waals surface area (Å²) in [7, 11) is -3.58. The summed E-state index contributed by atoms with van der Waals surface area (Å²) in [5, 5.41) is 0. The van der Waals surface area contributed by atoms with Crippen molar-refractivity contribution in [1.82, 2.24) is 9.21 Å². The van der Waals surface area contributed by atoms with E-state index in [4.69, 9.17) is 0 Å². The highest BCUT2D eigenvalue weighted by molar-refractivity contribution is 7.89. The van der Waals surface area contributed by atoms with Gasteiger partial charge in [-0.1, -0.05) is 13.8 Å². The Balaban J connectivity index is 1.96. The average Bonchev–Trinajstić information content (AvgIpc) is 3.29. The summed E-state index contributed by atoms with van der Waals surface area (Å²) in [5.74, 6) is -0.252. The number of hydrogen-bond donors (Lipinski definition) is 0. The summed E-state index contributed by atoms with van der Waals surface area (Å²) in [6, 6.07) is 4.23. The Labute approximate surface area is 161 Å². The minimum atomic E-state index is -3.58. The quantitative estimate of drug-likeness (QED) is 0.762. The van der Waals surface area contributed by atoms with Gasteiger partial charge in [-0.3, -0.25) is 14.5 Å². The highest BCUT2D eigenvalue weighted by Gasteiger charge is 2.40. The number of amides is 2. The van der Waals surface area contributed by atoms with E-state index in [2.05, 4.69) is 0 Å². The molecule has 27 heavy (non-hydrogen) atoms. The van der Waals surface area contributed by atoms with E-state index < -0.39 is 16.1 Å². The second-order valence-electron chi connectivity index (χ2n) is 7.02. The number of likely N-dealkylation sites (tertiary alicyclic amines) is 1. The lowest BCUT2D eigenvalue weighted by Crippen LogP contribution is -2.48. The van der Waals surface area contributed by atoms with Crippen LogP contribution < -0.4 is 4.90 Å². The Bertz CT molecular complexity index is 843. The molecular formula is C19H27N3O4S. The number of benzene rings is 1. The van der Waals surface area contributed by atoms with Crippen LogP contribution in [0.2, 0.25) is 0 Å². The molecular weight excluding hydrogens is 366 g/mol. The third-order valence-electron chi connectivity index (χ3n) is 5.42. The standard InChI is InChI=1S/C19H27N3O4S/c1-4-21(5-2)27(25,26)16-8-9-17-15(12-16)13-18(22(17)14(3)23)19(24)20-10-6-7-11-20/h8-9,12,18H,4-7,10-11,13H2,1-3H3/t18-/m0/s1.